The van der Waals surface area contributed by atoms with Crippen LogP contribution in [0.15, 0.2) is 59.2 Å². The van der Waals surface area contributed by atoms with Crippen LogP contribution in [0.5, 0.6) is 0 Å². The number of carbonyl (C=O) groups is 2. The zero-order valence-electron chi connectivity index (χ0n) is 20.9. The highest BCUT2D eigenvalue weighted by molar-refractivity contribution is 5.94. The third kappa shape index (κ3) is 8.33. The van der Waals surface area contributed by atoms with Crippen molar-refractivity contribution in [1.82, 2.24) is 14.7 Å². The fourth-order valence-electron chi connectivity index (χ4n) is 4.56. The molecular formula is C28H37N3O5. The lowest BCUT2D eigenvalue weighted by Gasteiger charge is -2.30. The van der Waals surface area contributed by atoms with E-state index >= 15 is 0 Å². The maximum Gasteiger partial charge on any atom is 0.247 e. The molecule has 3 heterocycles. The molecule has 36 heavy (non-hydrogen) atoms. The Kier molecular flexibility index (Phi) is 10.1. The summed E-state index contributed by atoms with van der Waals surface area (Å²) in [5.41, 5.74) is 0.947. The van der Waals surface area contributed by atoms with E-state index in [9.17, 15) is 9.59 Å². The number of carbonyl (C=O) groups excluding carboxylic acids is 2. The number of hydrogen-bond acceptors (Lipinski definition) is 6. The second-order valence-electron chi connectivity index (χ2n) is 9.30. The summed E-state index contributed by atoms with van der Waals surface area (Å²) < 4.78 is 16.7. The summed E-state index contributed by atoms with van der Waals surface area (Å²) in [5, 5.41) is 0. The molecule has 194 valence electrons. The zero-order chi connectivity index (χ0) is 25.0. The van der Waals surface area contributed by atoms with Crippen LogP contribution in [0.3, 0.4) is 0 Å². The highest BCUT2D eigenvalue weighted by atomic mass is 16.5. The first-order valence-corrected chi connectivity index (χ1v) is 12.9. The van der Waals surface area contributed by atoms with Crippen molar-refractivity contribution >= 4 is 17.9 Å². The van der Waals surface area contributed by atoms with Gasteiger partial charge in [-0.1, -0.05) is 30.3 Å². The van der Waals surface area contributed by atoms with Crippen LogP contribution in [0.25, 0.3) is 6.08 Å². The van der Waals surface area contributed by atoms with Crippen molar-refractivity contribution in [2.45, 2.75) is 31.9 Å². The molecule has 1 aromatic heterocycles. The van der Waals surface area contributed by atoms with Crippen LogP contribution < -0.4 is 0 Å². The van der Waals surface area contributed by atoms with Gasteiger partial charge in [-0.15, -0.1) is 0 Å². The first kappa shape index (κ1) is 26.1. The lowest BCUT2D eigenvalue weighted by atomic mass is 10.2. The number of amides is 2. The number of furan rings is 1. The van der Waals surface area contributed by atoms with Gasteiger partial charge in [-0.3, -0.25) is 14.5 Å². The first-order valence-electron chi connectivity index (χ1n) is 12.9. The molecule has 1 atom stereocenters. The summed E-state index contributed by atoms with van der Waals surface area (Å²) in [6, 6.07) is 13.4. The Morgan fingerprint density at radius 2 is 1.86 bits per heavy atom. The summed E-state index contributed by atoms with van der Waals surface area (Å²) in [4.78, 5) is 32.5. The molecule has 2 aliphatic rings. The van der Waals surface area contributed by atoms with Crippen LogP contribution in [0, 0.1) is 0 Å². The monoisotopic (exact) mass is 495 g/mol. The standard InChI is InChI=1S/C28H37N3O5/c32-27(12-11-24-7-2-1-3-8-24)30(14-6-13-29-15-19-34-20-16-29)23-28(33)31(21-25-9-4-17-35-25)22-26-10-5-18-36-26/h1-4,7-9,11-12,17,26H,5-6,10,13-16,18-23H2. The third-order valence-corrected chi connectivity index (χ3v) is 6.59. The molecular weight excluding hydrogens is 458 g/mol. The lowest BCUT2D eigenvalue weighted by Crippen LogP contribution is -2.45. The van der Waals surface area contributed by atoms with Gasteiger partial charge in [-0.05, 0) is 43.0 Å². The van der Waals surface area contributed by atoms with E-state index in [2.05, 4.69) is 4.90 Å². The maximum atomic E-state index is 13.5. The molecule has 2 amide bonds. The molecule has 2 aliphatic heterocycles. The van der Waals surface area contributed by atoms with Crippen LogP contribution in [0.4, 0.5) is 0 Å². The molecule has 0 radical (unpaired) electrons. The largest absolute Gasteiger partial charge is 0.467 e. The molecule has 1 aromatic carbocycles. The molecule has 0 spiro atoms. The van der Waals surface area contributed by atoms with Gasteiger partial charge >= 0.3 is 0 Å². The van der Waals surface area contributed by atoms with E-state index in [4.69, 9.17) is 13.9 Å². The van der Waals surface area contributed by atoms with Crippen molar-refractivity contribution in [1.29, 1.82) is 0 Å². The van der Waals surface area contributed by atoms with E-state index in [-0.39, 0.29) is 24.5 Å². The minimum absolute atomic E-state index is 0.0207. The number of ether oxygens (including phenoxy) is 2. The van der Waals surface area contributed by atoms with Crippen LogP contribution >= 0.6 is 0 Å². The second kappa shape index (κ2) is 14.0. The molecule has 0 aliphatic carbocycles. The number of rotatable bonds is 12. The van der Waals surface area contributed by atoms with Gasteiger partial charge in [-0.25, -0.2) is 0 Å². The van der Waals surface area contributed by atoms with Crippen molar-refractivity contribution in [2.24, 2.45) is 0 Å². The van der Waals surface area contributed by atoms with Gasteiger partial charge in [0.15, 0.2) is 0 Å². The van der Waals surface area contributed by atoms with Gasteiger partial charge in [0.2, 0.25) is 11.8 Å². The summed E-state index contributed by atoms with van der Waals surface area (Å²) in [7, 11) is 0. The van der Waals surface area contributed by atoms with E-state index in [0.29, 0.717) is 19.6 Å². The molecule has 8 nitrogen and oxygen atoms in total. The van der Waals surface area contributed by atoms with Crippen molar-refractivity contribution in [3.05, 3.63) is 66.1 Å². The number of hydrogen-bond donors (Lipinski definition) is 0. The molecule has 2 aromatic rings. The minimum atomic E-state index is -0.163. The molecule has 4 rings (SSSR count). The van der Waals surface area contributed by atoms with Crippen LogP contribution in [-0.4, -0.2) is 91.7 Å². The van der Waals surface area contributed by atoms with Gasteiger partial charge in [-0.2, -0.15) is 0 Å². The summed E-state index contributed by atoms with van der Waals surface area (Å²) in [6.45, 7) is 6.27. The predicted molar refractivity (Wildman–Crippen MR) is 137 cm³/mol. The first-order chi connectivity index (χ1) is 17.7. The average Bonchev–Trinajstić information content (AvgIpc) is 3.62. The Bertz CT molecular complexity index is 951. The van der Waals surface area contributed by atoms with Crippen LogP contribution in [0.1, 0.15) is 30.6 Å². The van der Waals surface area contributed by atoms with E-state index in [1.54, 1.807) is 28.2 Å². The van der Waals surface area contributed by atoms with Gasteiger partial charge in [0, 0.05) is 45.4 Å². The topological polar surface area (TPSA) is 75.5 Å². The number of benzene rings is 1. The van der Waals surface area contributed by atoms with Gasteiger partial charge in [0.05, 0.1) is 32.1 Å². The fourth-order valence-corrected chi connectivity index (χ4v) is 4.56. The summed E-state index contributed by atoms with van der Waals surface area (Å²) in [5.74, 6) is 0.453. The van der Waals surface area contributed by atoms with Crippen LogP contribution in [0.2, 0.25) is 0 Å². The van der Waals surface area contributed by atoms with Gasteiger partial charge in [0.25, 0.3) is 0 Å². The van der Waals surface area contributed by atoms with Crippen molar-refractivity contribution < 1.29 is 23.5 Å². The Labute approximate surface area is 213 Å². The Morgan fingerprint density at radius 1 is 1.03 bits per heavy atom. The summed E-state index contributed by atoms with van der Waals surface area (Å²) in [6.07, 6.45) is 7.73. The minimum Gasteiger partial charge on any atom is -0.467 e. The Morgan fingerprint density at radius 3 is 2.58 bits per heavy atom. The molecule has 0 N–H and O–H groups in total. The molecule has 2 fully saturated rings. The Balaban J connectivity index is 1.41. The van der Waals surface area contributed by atoms with E-state index in [0.717, 1.165) is 70.0 Å². The highest BCUT2D eigenvalue weighted by Gasteiger charge is 2.26. The third-order valence-electron chi connectivity index (χ3n) is 6.59. The molecule has 8 heteroatoms. The SMILES string of the molecule is O=C(C=Cc1ccccc1)N(CCCN1CCOCC1)CC(=O)N(Cc1ccco1)CC1CCCO1. The number of nitrogens with zero attached hydrogens (tertiary/aromatic N) is 3. The normalized spacial score (nSPS) is 18.5. The maximum absolute atomic E-state index is 13.5. The second-order valence-corrected chi connectivity index (χ2v) is 9.30. The van der Waals surface area contributed by atoms with Crippen molar-refractivity contribution in [3.63, 3.8) is 0 Å². The van der Waals surface area contributed by atoms with E-state index in [1.165, 1.54) is 0 Å². The lowest BCUT2D eigenvalue weighted by molar-refractivity contribution is -0.140. The predicted octanol–water partition coefficient (Wildman–Crippen LogP) is 3.05. The average molecular weight is 496 g/mol. The Hall–Kier alpha value is -2.94. The fraction of sp³-hybridized carbons (Fsp3) is 0.500. The molecule has 2 saturated heterocycles. The van der Waals surface area contributed by atoms with Gasteiger partial charge in [0.1, 0.15) is 12.3 Å². The zero-order valence-corrected chi connectivity index (χ0v) is 20.9. The highest BCUT2D eigenvalue weighted by Crippen LogP contribution is 2.16. The quantitative estimate of drug-likeness (QED) is 0.422. The van der Waals surface area contributed by atoms with Crippen molar-refractivity contribution in [3.8, 4) is 0 Å². The molecule has 0 saturated carbocycles. The summed E-state index contributed by atoms with van der Waals surface area (Å²) >= 11 is 0. The van der Waals surface area contributed by atoms with Crippen LogP contribution in [-0.2, 0) is 25.6 Å². The van der Waals surface area contributed by atoms with Crippen molar-refractivity contribution in [2.75, 3.05) is 59.1 Å². The molecule has 1 unspecified atom stereocenters. The van der Waals surface area contributed by atoms with E-state index in [1.807, 2.05) is 42.5 Å². The molecule has 0 bridgehead atoms. The number of morpholine rings is 1. The van der Waals surface area contributed by atoms with Gasteiger partial charge < -0.3 is 23.7 Å². The smallest absolute Gasteiger partial charge is 0.247 e. The van der Waals surface area contributed by atoms with E-state index < -0.39 is 0 Å².